The number of thiazole rings is 1. The fraction of sp³-hybridized carbons (Fsp3) is 0.318. The minimum Gasteiger partial charge on any atom is -0.497 e. The second kappa shape index (κ2) is 9.62. The maximum absolute atomic E-state index is 13.4. The summed E-state index contributed by atoms with van der Waals surface area (Å²) < 4.78 is 65.2. The Labute approximate surface area is 195 Å². The Kier molecular flexibility index (Phi) is 6.82. The second-order valence-corrected chi connectivity index (χ2v) is 10.2. The number of methoxy groups -OCH3 is 2. The molecule has 0 N–H and O–H groups in total. The lowest BCUT2D eigenvalue weighted by Gasteiger charge is -2.34. The fourth-order valence-corrected chi connectivity index (χ4v) is 6.16. The topological polar surface area (TPSA) is 72.0 Å². The smallest absolute Gasteiger partial charge is 0.247 e. The van der Waals surface area contributed by atoms with Crippen LogP contribution in [0.15, 0.2) is 46.7 Å². The molecule has 0 radical (unpaired) electrons. The van der Waals surface area contributed by atoms with Gasteiger partial charge in [-0.25, -0.2) is 22.2 Å². The summed E-state index contributed by atoms with van der Waals surface area (Å²) in [6, 6.07) is 8.10. The van der Waals surface area contributed by atoms with Gasteiger partial charge in [-0.1, -0.05) is 0 Å². The van der Waals surface area contributed by atoms with Crippen LogP contribution in [0.2, 0.25) is 0 Å². The molecular formula is C22H23F2N3O4S2. The van der Waals surface area contributed by atoms with E-state index in [-0.39, 0.29) is 23.7 Å². The number of halogens is 2. The van der Waals surface area contributed by atoms with E-state index in [1.807, 2.05) is 10.3 Å². The Morgan fingerprint density at radius 2 is 1.70 bits per heavy atom. The number of hydrogen-bond acceptors (Lipinski definition) is 7. The van der Waals surface area contributed by atoms with Crippen molar-refractivity contribution in [3.05, 3.63) is 64.7 Å². The van der Waals surface area contributed by atoms with Crippen molar-refractivity contribution in [2.24, 2.45) is 0 Å². The molecule has 4 rings (SSSR count). The van der Waals surface area contributed by atoms with Gasteiger partial charge in [-0.15, -0.1) is 11.3 Å². The van der Waals surface area contributed by atoms with Gasteiger partial charge in [0.05, 0.1) is 19.9 Å². The van der Waals surface area contributed by atoms with Crippen molar-refractivity contribution in [1.82, 2.24) is 9.29 Å². The highest BCUT2D eigenvalue weighted by Gasteiger charge is 2.32. The maximum Gasteiger partial charge on any atom is 0.247 e. The van der Waals surface area contributed by atoms with Crippen LogP contribution in [0.5, 0.6) is 11.5 Å². The van der Waals surface area contributed by atoms with E-state index in [0.29, 0.717) is 36.5 Å². The number of nitrogens with zero attached hydrogens (tertiary/aromatic N) is 3. The first kappa shape index (κ1) is 23.4. The number of sulfonamides is 1. The lowest BCUT2D eigenvalue weighted by Crippen LogP contribution is -2.48. The van der Waals surface area contributed by atoms with Gasteiger partial charge in [0.1, 0.15) is 28.0 Å². The lowest BCUT2D eigenvalue weighted by atomic mass is 10.1. The minimum absolute atomic E-state index is 0.0664. The number of ether oxygens (including phenoxy) is 2. The highest BCUT2D eigenvalue weighted by atomic mass is 32.2. The molecule has 1 aliphatic heterocycles. The number of anilines is 1. The average molecular weight is 496 g/mol. The van der Waals surface area contributed by atoms with Crippen molar-refractivity contribution < 1.29 is 26.7 Å². The number of rotatable bonds is 7. The lowest BCUT2D eigenvalue weighted by molar-refractivity contribution is 0.370. The Bertz CT molecular complexity index is 1220. The first-order chi connectivity index (χ1) is 15.8. The van der Waals surface area contributed by atoms with E-state index in [1.54, 1.807) is 12.1 Å². The molecule has 1 saturated heterocycles. The SMILES string of the molecule is COc1ccc(OC)c(S(=O)(=O)N2CCN(c3nc(Cc4cc(F)cc(F)c4)cs3)CC2)c1. The Hall–Kier alpha value is -2.76. The van der Waals surface area contributed by atoms with Gasteiger partial charge >= 0.3 is 0 Å². The van der Waals surface area contributed by atoms with E-state index in [2.05, 4.69) is 4.98 Å². The maximum atomic E-state index is 13.4. The molecule has 0 atom stereocenters. The predicted molar refractivity (Wildman–Crippen MR) is 122 cm³/mol. The van der Waals surface area contributed by atoms with Crippen molar-refractivity contribution >= 4 is 26.5 Å². The normalized spacial score (nSPS) is 15.0. The summed E-state index contributed by atoms with van der Waals surface area (Å²) in [5, 5.41) is 2.60. The van der Waals surface area contributed by atoms with Gasteiger partial charge in [-0.3, -0.25) is 0 Å². The molecule has 7 nitrogen and oxygen atoms in total. The molecule has 2 heterocycles. The van der Waals surface area contributed by atoms with Crippen LogP contribution in [-0.2, 0) is 16.4 Å². The van der Waals surface area contributed by atoms with Crippen LogP contribution in [0.4, 0.5) is 13.9 Å². The summed E-state index contributed by atoms with van der Waals surface area (Å²) in [6.07, 6.45) is 0.315. The monoisotopic (exact) mass is 495 g/mol. The molecule has 0 unspecified atom stereocenters. The number of aromatic nitrogens is 1. The van der Waals surface area contributed by atoms with Crippen LogP contribution >= 0.6 is 11.3 Å². The molecule has 11 heteroatoms. The molecule has 33 heavy (non-hydrogen) atoms. The molecule has 0 saturated carbocycles. The highest BCUT2D eigenvalue weighted by molar-refractivity contribution is 7.89. The zero-order valence-corrected chi connectivity index (χ0v) is 19.8. The molecule has 1 fully saturated rings. The van der Waals surface area contributed by atoms with E-state index in [0.717, 1.165) is 11.2 Å². The van der Waals surface area contributed by atoms with E-state index < -0.39 is 21.7 Å². The molecule has 2 aromatic carbocycles. The van der Waals surface area contributed by atoms with Crippen LogP contribution in [-0.4, -0.2) is 58.1 Å². The Morgan fingerprint density at radius 1 is 1.00 bits per heavy atom. The van der Waals surface area contributed by atoms with Gasteiger partial charge in [0.15, 0.2) is 5.13 Å². The fourth-order valence-electron chi connectivity index (χ4n) is 3.69. The zero-order valence-electron chi connectivity index (χ0n) is 18.1. The van der Waals surface area contributed by atoms with Gasteiger partial charge in [0.2, 0.25) is 10.0 Å². The van der Waals surface area contributed by atoms with Crippen LogP contribution in [0.3, 0.4) is 0 Å². The van der Waals surface area contributed by atoms with Crippen LogP contribution < -0.4 is 14.4 Å². The van der Waals surface area contributed by atoms with E-state index in [1.165, 1.54) is 48.1 Å². The van der Waals surface area contributed by atoms with Gasteiger partial charge in [-0.05, 0) is 29.8 Å². The summed E-state index contributed by atoms with van der Waals surface area (Å²) >= 11 is 1.42. The number of hydrogen-bond donors (Lipinski definition) is 0. The van der Waals surface area contributed by atoms with Gasteiger partial charge in [0, 0.05) is 50.1 Å². The van der Waals surface area contributed by atoms with Gasteiger partial charge < -0.3 is 14.4 Å². The predicted octanol–water partition coefficient (Wildman–Crippen LogP) is 3.54. The number of piperazine rings is 1. The molecular weight excluding hydrogens is 472 g/mol. The molecule has 0 spiro atoms. The first-order valence-corrected chi connectivity index (χ1v) is 12.5. The third-order valence-electron chi connectivity index (χ3n) is 5.34. The van der Waals surface area contributed by atoms with Crippen LogP contribution in [0, 0.1) is 11.6 Å². The van der Waals surface area contributed by atoms with E-state index in [9.17, 15) is 17.2 Å². The Balaban J connectivity index is 1.44. The Morgan fingerprint density at radius 3 is 2.33 bits per heavy atom. The van der Waals surface area contributed by atoms with Crippen molar-refractivity contribution in [3.63, 3.8) is 0 Å². The summed E-state index contributed by atoms with van der Waals surface area (Å²) in [7, 11) is -0.869. The summed E-state index contributed by atoms with van der Waals surface area (Å²) in [6.45, 7) is 1.50. The molecule has 1 aromatic heterocycles. The van der Waals surface area contributed by atoms with Crippen molar-refractivity contribution in [2.45, 2.75) is 11.3 Å². The molecule has 0 amide bonds. The molecule has 176 valence electrons. The van der Waals surface area contributed by atoms with Crippen LogP contribution in [0.1, 0.15) is 11.3 Å². The third kappa shape index (κ3) is 5.10. The van der Waals surface area contributed by atoms with E-state index in [4.69, 9.17) is 9.47 Å². The highest BCUT2D eigenvalue weighted by Crippen LogP contribution is 2.32. The summed E-state index contributed by atoms with van der Waals surface area (Å²) in [4.78, 5) is 6.65. The largest absolute Gasteiger partial charge is 0.497 e. The van der Waals surface area contributed by atoms with E-state index >= 15 is 0 Å². The molecule has 3 aromatic rings. The first-order valence-electron chi connectivity index (χ1n) is 10.2. The van der Waals surface area contributed by atoms with Crippen molar-refractivity contribution in [1.29, 1.82) is 0 Å². The summed E-state index contributed by atoms with van der Waals surface area (Å²) in [5.74, 6) is -0.547. The van der Waals surface area contributed by atoms with Crippen molar-refractivity contribution in [3.8, 4) is 11.5 Å². The van der Waals surface area contributed by atoms with Gasteiger partial charge in [0.25, 0.3) is 0 Å². The van der Waals surface area contributed by atoms with Crippen molar-refractivity contribution in [2.75, 3.05) is 45.3 Å². The van der Waals surface area contributed by atoms with Crippen LogP contribution in [0.25, 0.3) is 0 Å². The molecule has 0 bridgehead atoms. The minimum atomic E-state index is -3.77. The second-order valence-electron chi connectivity index (χ2n) is 7.48. The van der Waals surface area contributed by atoms with Gasteiger partial charge in [-0.2, -0.15) is 4.31 Å². The molecule has 1 aliphatic rings. The standard InChI is InChI=1S/C22H23F2N3O4S2/c1-30-19-3-4-20(31-2)21(13-19)33(28,29)27-7-5-26(6-8-27)22-25-18(14-32-22)11-15-9-16(23)12-17(24)10-15/h3-4,9-10,12-14H,5-8,11H2,1-2H3. The zero-order chi connectivity index (χ0) is 23.6. The molecule has 0 aliphatic carbocycles. The quantitative estimate of drug-likeness (QED) is 0.499. The average Bonchev–Trinajstić information content (AvgIpc) is 3.26. The number of benzene rings is 2. The summed E-state index contributed by atoms with van der Waals surface area (Å²) in [5.41, 5.74) is 1.21. The third-order valence-corrected chi connectivity index (χ3v) is 8.22.